The van der Waals surface area contributed by atoms with Crippen molar-refractivity contribution in [3.63, 3.8) is 0 Å². The first-order valence-corrected chi connectivity index (χ1v) is 6.24. The van der Waals surface area contributed by atoms with Crippen LogP contribution >= 0.6 is 11.6 Å². The first-order chi connectivity index (χ1) is 8.66. The molecule has 1 aliphatic rings. The van der Waals surface area contributed by atoms with E-state index in [1.165, 1.54) is 12.1 Å². The topological polar surface area (TPSA) is 35.5 Å². The summed E-state index contributed by atoms with van der Waals surface area (Å²) in [6, 6.07) is 3.84. The van der Waals surface area contributed by atoms with E-state index in [2.05, 4.69) is 0 Å². The molecule has 1 heterocycles. The molecule has 0 bridgehead atoms. The number of carbonyl (C=O) groups excluding carboxylic acids is 1. The van der Waals surface area contributed by atoms with E-state index in [0.717, 1.165) is 18.9 Å². The summed E-state index contributed by atoms with van der Waals surface area (Å²) < 4.78 is 23.7. The molecule has 0 saturated carbocycles. The highest BCUT2D eigenvalue weighted by atomic mass is 35.5. The third-order valence-corrected chi connectivity index (χ3v) is 3.17. The highest BCUT2D eigenvalue weighted by Gasteiger charge is 2.18. The molecule has 1 fully saturated rings. The number of carbonyl (C=O) groups is 1. The summed E-state index contributed by atoms with van der Waals surface area (Å²) >= 11 is 5.72. The van der Waals surface area contributed by atoms with E-state index in [1.807, 2.05) is 0 Å². The van der Waals surface area contributed by atoms with Crippen molar-refractivity contribution >= 4 is 17.6 Å². The second-order valence-corrected chi connectivity index (χ2v) is 4.71. The fourth-order valence-corrected chi connectivity index (χ4v) is 2.01. The number of esters is 1. The summed E-state index contributed by atoms with van der Waals surface area (Å²) in [5, 5.41) is 0.314. The summed E-state index contributed by atoms with van der Waals surface area (Å²) in [4.78, 5) is 11.7. The zero-order valence-corrected chi connectivity index (χ0v) is 10.6. The molecule has 0 N–H and O–H groups in total. The second kappa shape index (κ2) is 6.16. The molecule has 3 nitrogen and oxygen atoms in total. The van der Waals surface area contributed by atoms with Gasteiger partial charge in [-0.1, -0.05) is 11.6 Å². The van der Waals surface area contributed by atoms with Crippen LogP contribution in [-0.2, 0) is 9.47 Å². The van der Waals surface area contributed by atoms with Crippen LogP contribution < -0.4 is 0 Å². The molecule has 0 radical (unpaired) electrons. The molecule has 0 aromatic heterocycles. The molecule has 0 spiro atoms. The van der Waals surface area contributed by atoms with E-state index in [4.69, 9.17) is 21.1 Å². The van der Waals surface area contributed by atoms with Gasteiger partial charge in [0.1, 0.15) is 5.82 Å². The molecule has 1 aromatic carbocycles. The van der Waals surface area contributed by atoms with Crippen LogP contribution in [0.2, 0.25) is 5.02 Å². The van der Waals surface area contributed by atoms with Crippen LogP contribution in [0.4, 0.5) is 4.39 Å². The van der Waals surface area contributed by atoms with Crippen molar-refractivity contribution in [3.8, 4) is 0 Å². The molecular weight excluding hydrogens is 259 g/mol. The van der Waals surface area contributed by atoms with E-state index in [9.17, 15) is 9.18 Å². The minimum Gasteiger partial charge on any atom is -0.462 e. The van der Waals surface area contributed by atoms with Crippen LogP contribution in [0.5, 0.6) is 0 Å². The molecular formula is C13H14ClFO3. The first kappa shape index (κ1) is 13.3. The normalized spacial score (nSPS) is 16.6. The third kappa shape index (κ3) is 3.43. The minimum atomic E-state index is -0.665. The summed E-state index contributed by atoms with van der Waals surface area (Å²) in [7, 11) is 0. The highest BCUT2D eigenvalue weighted by Crippen LogP contribution is 2.18. The van der Waals surface area contributed by atoms with E-state index < -0.39 is 11.8 Å². The number of halogens is 2. The van der Waals surface area contributed by atoms with E-state index in [1.54, 1.807) is 0 Å². The van der Waals surface area contributed by atoms with E-state index >= 15 is 0 Å². The summed E-state index contributed by atoms with van der Waals surface area (Å²) in [5.41, 5.74) is -0.116. The van der Waals surface area contributed by atoms with Gasteiger partial charge in [0.15, 0.2) is 0 Å². The van der Waals surface area contributed by atoms with Crippen molar-refractivity contribution in [2.75, 3.05) is 19.8 Å². The van der Waals surface area contributed by atoms with Crippen molar-refractivity contribution in [2.45, 2.75) is 12.8 Å². The van der Waals surface area contributed by atoms with Gasteiger partial charge >= 0.3 is 5.97 Å². The summed E-state index contributed by atoms with van der Waals surface area (Å²) in [6.07, 6.45) is 1.73. The number of ether oxygens (including phenoxy) is 2. The van der Waals surface area contributed by atoms with Crippen LogP contribution in [0, 0.1) is 11.7 Å². The lowest BCUT2D eigenvalue weighted by molar-refractivity contribution is 0.0182. The van der Waals surface area contributed by atoms with Gasteiger partial charge < -0.3 is 9.47 Å². The van der Waals surface area contributed by atoms with Gasteiger partial charge in [0.25, 0.3) is 0 Å². The predicted molar refractivity (Wildman–Crippen MR) is 65.2 cm³/mol. The molecule has 1 aromatic rings. The van der Waals surface area contributed by atoms with Gasteiger partial charge in [-0.25, -0.2) is 9.18 Å². The second-order valence-electron chi connectivity index (χ2n) is 4.28. The van der Waals surface area contributed by atoms with Crippen LogP contribution in [-0.4, -0.2) is 25.8 Å². The minimum absolute atomic E-state index is 0.116. The Kier molecular flexibility index (Phi) is 4.55. The van der Waals surface area contributed by atoms with Gasteiger partial charge in [-0.3, -0.25) is 0 Å². The number of rotatable bonds is 3. The smallest absolute Gasteiger partial charge is 0.341 e. The molecule has 2 rings (SSSR count). The Morgan fingerprint density at radius 3 is 2.89 bits per heavy atom. The fourth-order valence-electron chi connectivity index (χ4n) is 1.84. The summed E-state index contributed by atoms with van der Waals surface area (Å²) in [5.74, 6) is -0.984. The Hall–Kier alpha value is -1.13. The first-order valence-electron chi connectivity index (χ1n) is 5.87. The van der Waals surface area contributed by atoms with Crippen LogP contribution in [0.15, 0.2) is 18.2 Å². The third-order valence-electron chi connectivity index (χ3n) is 2.94. The Morgan fingerprint density at radius 1 is 1.44 bits per heavy atom. The SMILES string of the molecule is O=C(OCC1CCOCC1)c1cc(Cl)ccc1F. The Labute approximate surface area is 110 Å². The van der Waals surface area contributed by atoms with Crippen molar-refractivity contribution < 1.29 is 18.7 Å². The van der Waals surface area contributed by atoms with E-state index in [-0.39, 0.29) is 5.56 Å². The average Bonchev–Trinajstić information content (AvgIpc) is 2.40. The standard InChI is InChI=1S/C13H14ClFO3/c14-10-1-2-12(15)11(7-10)13(16)18-8-9-3-5-17-6-4-9/h1-2,7,9H,3-6,8H2. The maximum Gasteiger partial charge on any atom is 0.341 e. The molecule has 5 heteroatoms. The lowest BCUT2D eigenvalue weighted by Crippen LogP contribution is -2.22. The largest absolute Gasteiger partial charge is 0.462 e. The Bertz CT molecular complexity index is 430. The fraction of sp³-hybridized carbons (Fsp3) is 0.462. The zero-order chi connectivity index (χ0) is 13.0. The van der Waals surface area contributed by atoms with Gasteiger partial charge in [-0.05, 0) is 37.0 Å². The van der Waals surface area contributed by atoms with Gasteiger partial charge in [0.2, 0.25) is 0 Å². The van der Waals surface area contributed by atoms with Gasteiger partial charge in [-0.15, -0.1) is 0 Å². The Morgan fingerprint density at radius 2 is 2.17 bits per heavy atom. The lowest BCUT2D eigenvalue weighted by Gasteiger charge is -2.21. The quantitative estimate of drug-likeness (QED) is 0.794. The number of benzene rings is 1. The number of hydrogen-bond acceptors (Lipinski definition) is 3. The van der Waals surface area contributed by atoms with E-state index in [0.29, 0.717) is 30.8 Å². The van der Waals surface area contributed by atoms with Gasteiger partial charge in [0.05, 0.1) is 12.2 Å². The van der Waals surface area contributed by atoms with Crippen LogP contribution in [0.1, 0.15) is 23.2 Å². The maximum atomic E-state index is 13.4. The number of hydrogen-bond donors (Lipinski definition) is 0. The highest BCUT2D eigenvalue weighted by molar-refractivity contribution is 6.30. The van der Waals surface area contributed by atoms with Crippen LogP contribution in [0.3, 0.4) is 0 Å². The molecule has 0 amide bonds. The molecule has 98 valence electrons. The molecule has 0 aliphatic carbocycles. The van der Waals surface area contributed by atoms with Crippen molar-refractivity contribution in [1.29, 1.82) is 0 Å². The van der Waals surface area contributed by atoms with Crippen LogP contribution in [0.25, 0.3) is 0 Å². The maximum absolute atomic E-state index is 13.4. The van der Waals surface area contributed by atoms with Gasteiger partial charge in [0, 0.05) is 18.2 Å². The van der Waals surface area contributed by atoms with Crippen molar-refractivity contribution in [2.24, 2.45) is 5.92 Å². The average molecular weight is 273 g/mol. The van der Waals surface area contributed by atoms with Crippen molar-refractivity contribution in [1.82, 2.24) is 0 Å². The predicted octanol–water partition coefficient (Wildman–Crippen LogP) is 3.06. The molecule has 1 saturated heterocycles. The summed E-state index contributed by atoms with van der Waals surface area (Å²) in [6.45, 7) is 1.68. The molecule has 0 atom stereocenters. The molecule has 18 heavy (non-hydrogen) atoms. The van der Waals surface area contributed by atoms with Crippen molar-refractivity contribution in [3.05, 3.63) is 34.6 Å². The molecule has 1 aliphatic heterocycles. The molecule has 0 unspecified atom stereocenters. The lowest BCUT2D eigenvalue weighted by atomic mass is 10.0. The zero-order valence-electron chi connectivity index (χ0n) is 9.83. The Balaban J connectivity index is 1.92. The van der Waals surface area contributed by atoms with Gasteiger partial charge in [-0.2, -0.15) is 0 Å². The monoisotopic (exact) mass is 272 g/mol.